The summed E-state index contributed by atoms with van der Waals surface area (Å²) in [6.45, 7) is 6.68. The molecule has 0 radical (unpaired) electrons. The minimum absolute atomic E-state index is 0.260. The molecule has 0 aromatic heterocycles. The Bertz CT molecular complexity index is 382. The van der Waals surface area contributed by atoms with E-state index in [1.54, 1.807) is 0 Å². The molecule has 132 valence electrons. The SMILES string of the molecule is CC(C)N1CCC(C(=O)NC2CCC3(CCCCC3)CC2)CC1. The summed E-state index contributed by atoms with van der Waals surface area (Å²) in [5, 5.41) is 3.40. The van der Waals surface area contributed by atoms with Gasteiger partial charge in [0.1, 0.15) is 0 Å². The Balaban J connectivity index is 1.41. The summed E-state index contributed by atoms with van der Waals surface area (Å²) in [4.78, 5) is 15.1. The van der Waals surface area contributed by atoms with Gasteiger partial charge in [0, 0.05) is 18.0 Å². The minimum atomic E-state index is 0.260. The molecule has 1 saturated heterocycles. The largest absolute Gasteiger partial charge is 0.353 e. The highest BCUT2D eigenvalue weighted by molar-refractivity contribution is 5.79. The predicted molar refractivity (Wildman–Crippen MR) is 95.3 cm³/mol. The monoisotopic (exact) mass is 320 g/mol. The molecule has 3 rings (SSSR count). The molecule has 23 heavy (non-hydrogen) atoms. The Morgan fingerprint density at radius 2 is 1.57 bits per heavy atom. The maximum Gasteiger partial charge on any atom is 0.223 e. The quantitative estimate of drug-likeness (QED) is 0.848. The van der Waals surface area contributed by atoms with Crippen LogP contribution in [0.4, 0.5) is 0 Å². The van der Waals surface area contributed by atoms with Crippen molar-refractivity contribution in [1.29, 1.82) is 0 Å². The fourth-order valence-corrected chi connectivity index (χ4v) is 5.17. The van der Waals surface area contributed by atoms with Crippen molar-refractivity contribution in [1.82, 2.24) is 10.2 Å². The van der Waals surface area contributed by atoms with Crippen molar-refractivity contribution in [3.05, 3.63) is 0 Å². The molecule has 0 aromatic rings. The highest BCUT2D eigenvalue weighted by Gasteiger charge is 2.37. The molecule has 1 amide bonds. The van der Waals surface area contributed by atoms with E-state index in [0.29, 0.717) is 23.4 Å². The molecule has 2 saturated carbocycles. The molecule has 1 N–H and O–H groups in total. The zero-order chi connectivity index (χ0) is 16.3. The minimum Gasteiger partial charge on any atom is -0.353 e. The molecule has 1 spiro atoms. The molecule has 0 atom stereocenters. The molecule has 3 fully saturated rings. The smallest absolute Gasteiger partial charge is 0.223 e. The second kappa shape index (κ2) is 7.55. The van der Waals surface area contributed by atoms with E-state index in [9.17, 15) is 4.79 Å². The van der Waals surface area contributed by atoms with Crippen LogP contribution < -0.4 is 5.32 Å². The van der Waals surface area contributed by atoms with Crippen LogP contribution >= 0.6 is 0 Å². The lowest BCUT2D eigenvalue weighted by atomic mass is 9.64. The molecule has 1 heterocycles. The van der Waals surface area contributed by atoms with Gasteiger partial charge in [0.2, 0.25) is 5.91 Å². The van der Waals surface area contributed by atoms with E-state index < -0.39 is 0 Å². The van der Waals surface area contributed by atoms with Crippen LogP contribution in [0.5, 0.6) is 0 Å². The highest BCUT2D eigenvalue weighted by Crippen LogP contribution is 2.47. The zero-order valence-corrected chi connectivity index (χ0v) is 15.3. The van der Waals surface area contributed by atoms with Crippen LogP contribution in [-0.2, 0) is 4.79 Å². The lowest BCUT2D eigenvalue weighted by Gasteiger charge is -2.43. The first-order valence-electron chi connectivity index (χ1n) is 10.1. The average molecular weight is 321 g/mol. The Labute approximate surface area is 142 Å². The van der Waals surface area contributed by atoms with Crippen molar-refractivity contribution in [3.8, 4) is 0 Å². The van der Waals surface area contributed by atoms with E-state index in [2.05, 4.69) is 24.1 Å². The Hall–Kier alpha value is -0.570. The highest BCUT2D eigenvalue weighted by atomic mass is 16.1. The number of rotatable bonds is 3. The normalized spacial score (nSPS) is 27.4. The van der Waals surface area contributed by atoms with E-state index >= 15 is 0 Å². The first kappa shape index (κ1) is 17.3. The van der Waals surface area contributed by atoms with Crippen LogP contribution in [-0.4, -0.2) is 36.0 Å². The standard InChI is InChI=1S/C20H36N2O/c1-16(2)22-14-8-17(9-15-22)19(23)21-18-6-12-20(13-7-18)10-4-3-5-11-20/h16-18H,3-15H2,1-2H3,(H,21,23). The predicted octanol–water partition coefficient (Wildman–Crippen LogP) is 4.12. The molecule has 2 aliphatic carbocycles. The second-order valence-electron chi connectivity index (χ2n) is 8.75. The number of carbonyl (C=O) groups is 1. The molecule has 0 aromatic carbocycles. The second-order valence-corrected chi connectivity index (χ2v) is 8.75. The van der Waals surface area contributed by atoms with Gasteiger partial charge in [0.25, 0.3) is 0 Å². The van der Waals surface area contributed by atoms with Gasteiger partial charge < -0.3 is 10.2 Å². The third-order valence-corrected chi connectivity index (χ3v) is 6.94. The number of nitrogens with zero attached hydrogens (tertiary/aromatic N) is 1. The third-order valence-electron chi connectivity index (χ3n) is 6.94. The lowest BCUT2D eigenvalue weighted by molar-refractivity contribution is -0.127. The number of likely N-dealkylation sites (tertiary alicyclic amines) is 1. The van der Waals surface area contributed by atoms with Gasteiger partial charge >= 0.3 is 0 Å². The number of hydrogen-bond acceptors (Lipinski definition) is 2. The maximum atomic E-state index is 12.6. The molecule has 3 nitrogen and oxygen atoms in total. The summed E-state index contributed by atoms with van der Waals surface area (Å²) in [6, 6.07) is 1.07. The van der Waals surface area contributed by atoms with Gasteiger partial charge in [-0.3, -0.25) is 4.79 Å². The van der Waals surface area contributed by atoms with Crippen molar-refractivity contribution >= 4 is 5.91 Å². The molecule has 1 aliphatic heterocycles. The van der Waals surface area contributed by atoms with Crippen molar-refractivity contribution in [2.75, 3.05) is 13.1 Å². The van der Waals surface area contributed by atoms with E-state index in [-0.39, 0.29) is 5.92 Å². The van der Waals surface area contributed by atoms with Crippen LogP contribution in [0, 0.1) is 11.3 Å². The number of carbonyl (C=O) groups excluding carboxylic acids is 1. The first-order valence-corrected chi connectivity index (χ1v) is 10.1. The van der Waals surface area contributed by atoms with Crippen LogP contribution in [0.1, 0.15) is 84.5 Å². The molecular formula is C20H36N2O. The maximum absolute atomic E-state index is 12.6. The first-order chi connectivity index (χ1) is 11.1. The topological polar surface area (TPSA) is 32.3 Å². The van der Waals surface area contributed by atoms with Crippen LogP contribution in [0.15, 0.2) is 0 Å². The van der Waals surface area contributed by atoms with Gasteiger partial charge in [-0.25, -0.2) is 0 Å². The van der Waals surface area contributed by atoms with Gasteiger partial charge in [0.05, 0.1) is 0 Å². The fraction of sp³-hybridized carbons (Fsp3) is 0.950. The molecule has 0 bridgehead atoms. The molecule has 0 unspecified atom stereocenters. The van der Waals surface area contributed by atoms with Gasteiger partial charge in [-0.05, 0) is 83.7 Å². The van der Waals surface area contributed by atoms with Gasteiger partial charge in [0.15, 0.2) is 0 Å². The Morgan fingerprint density at radius 3 is 2.13 bits per heavy atom. The molecule has 3 heteroatoms. The van der Waals surface area contributed by atoms with Crippen molar-refractivity contribution in [3.63, 3.8) is 0 Å². The van der Waals surface area contributed by atoms with Crippen molar-refractivity contribution in [2.45, 2.75) is 96.6 Å². The van der Waals surface area contributed by atoms with Crippen LogP contribution in [0.3, 0.4) is 0 Å². The lowest BCUT2D eigenvalue weighted by Crippen LogP contribution is -2.47. The summed E-state index contributed by atoms with van der Waals surface area (Å²) in [5.41, 5.74) is 0.655. The molecular weight excluding hydrogens is 284 g/mol. The number of hydrogen-bond donors (Lipinski definition) is 1. The number of nitrogens with one attached hydrogen (secondary N) is 1. The summed E-state index contributed by atoms with van der Waals surface area (Å²) in [6.07, 6.45) is 14.4. The van der Waals surface area contributed by atoms with Gasteiger partial charge in [-0.2, -0.15) is 0 Å². The van der Waals surface area contributed by atoms with Crippen LogP contribution in [0.2, 0.25) is 0 Å². The summed E-state index contributed by atoms with van der Waals surface area (Å²) < 4.78 is 0. The molecule has 3 aliphatic rings. The number of piperidine rings is 1. The third kappa shape index (κ3) is 4.29. The summed E-state index contributed by atoms with van der Waals surface area (Å²) in [5.74, 6) is 0.605. The van der Waals surface area contributed by atoms with E-state index in [0.717, 1.165) is 25.9 Å². The summed E-state index contributed by atoms with van der Waals surface area (Å²) >= 11 is 0. The fourth-order valence-electron chi connectivity index (χ4n) is 5.17. The van der Waals surface area contributed by atoms with E-state index in [4.69, 9.17) is 0 Å². The van der Waals surface area contributed by atoms with Gasteiger partial charge in [-0.15, -0.1) is 0 Å². The Kier molecular flexibility index (Phi) is 5.66. The van der Waals surface area contributed by atoms with Crippen LogP contribution in [0.25, 0.3) is 0 Å². The average Bonchev–Trinajstić information content (AvgIpc) is 2.58. The van der Waals surface area contributed by atoms with Gasteiger partial charge in [-0.1, -0.05) is 19.3 Å². The zero-order valence-electron chi connectivity index (χ0n) is 15.3. The summed E-state index contributed by atoms with van der Waals surface area (Å²) in [7, 11) is 0. The van der Waals surface area contributed by atoms with E-state index in [1.807, 2.05) is 0 Å². The number of amides is 1. The van der Waals surface area contributed by atoms with E-state index in [1.165, 1.54) is 57.8 Å². The van der Waals surface area contributed by atoms with Crippen molar-refractivity contribution in [2.24, 2.45) is 11.3 Å². The Morgan fingerprint density at radius 1 is 0.957 bits per heavy atom. The van der Waals surface area contributed by atoms with Crippen molar-refractivity contribution < 1.29 is 4.79 Å².